The van der Waals surface area contributed by atoms with E-state index in [9.17, 15) is 0 Å². The van der Waals surface area contributed by atoms with Gasteiger partial charge in [0.25, 0.3) is 0 Å². The highest BCUT2D eigenvalue weighted by Crippen LogP contribution is 2.27. The van der Waals surface area contributed by atoms with E-state index in [-0.39, 0.29) is 6.10 Å². The zero-order valence-electron chi connectivity index (χ0n) is 11.0. The van der Waals surface area contributed by atoms with E-state index in [1.165, 1.54) is 18.4 Å². The molecule has 4 heteroatoms. The lowest BCUT2D eigenvalue weighted by Gasteiger charge is -2.13. The molecule has 0 aromatic heterocycles. The summed E-state index contributed by atoms with van der Waals surface area (Å²) < 4.78 is 12.4. The fraction of sp³-hybridized carbons (Fsp3) is 0.600. The maximum atomic E-state index is 5.82. The third kappa shape index (κ3) is 3.94. The Balaban J connectivity index is 1.52. The second kappa shape index (κ2) is 6.25. The van der Waals surface area contributed by atoms with E-state index in [2.05, 4.69) is 33.4 Å². The minimum atomic E-state index is 0.267. The number of ether oxygens (including phenoxy) is 2. The summed E-state index contributed by atoms with van der Waals surface area (Å²) >= 11 is 3.59. The van der Waals surface area contributed by atoms with Crippen LogP contribution in [0.15, 0.2) is 22.7 Å². The molecule has 2 fully saturated rings. The second-order valence-electron chi connectivity index (χ2n) is 5.37. The van der Waals surface area contributed by atoms with E-state index in [1.807, 2.05) is 6.07 Å². The Hall–Kier alpha value is -0.580. The summed E-state index contributed by atoms with van der Waals surface area (Å²) in [7, 11) is 0. The molecule has 2 aliphatic rings. The number of nitrogens with one attached hydrogen (secondary N) is 1. The normalized spacial score (nSPS) is 22.7. The molecule has 1 saturated heterocycles. The van der Waals surface area contributed by atoms with Crippen molar-refractivity contribution in [3.63, 3.8) is 0 Å². The van der Waals surface area contributed by atoms with Crippen molar-refractivity contribution in [3.8, 4) is 5.75 Å². The zero-order valence-corrected chi connectivity index (χ0v) is 12.6. The minimum Gasteiger partial charge on any atom is -0.490 e. The zero-order chi connectivity index (χ0) is 13.1. The largest absolute Gasteiger partial charge is 0.490 e. The molecular weight excluding hydrogens is 306 g/mol. The Kier molecular flexibility index (Phi) is 4.41. The fourth-order valence-electron chi connectivity index (χ4n) is 2.28. The van der Waals surface area contributed by atoms with Crippen LogP contribution in [-0.2, 0) is 11.3 Å². The number of hydrogen-bond acceptors (Lipinski definition) is 3. The summed E-state index contributed by atoms with van der Waals surface area (Å²) in [6.07, 6.45) is 5.18. The Morgan fingerprint density at radius 2 is 2.21 bits per heavy atom. The van der Waals surface area contributed by atoms with Crippen molar-refractivity contribution in [1.29, 1.82) is 0 Å². The van der Waals surface area contributed by atoms with E-state index in [4.69, 9.17) is 9.47 Å². The summed E-state index contributed by atoms with van der Waals surface area (Å²) in [5.74, 6) is 0.908. The van der Waals surface area contributed by atoms with E-state index >= 15 is 0 Å². The van der Waals surface area contributed by atoms with Crippen molar-refractivity contribution in [2.75, 3.05) is 13.2 Å². The Labute approximate surface area is 122 Å². The van der Waals surface area contributed by atoms with Gasteiger partial charge in [0, 0.05) is 19.2 Å². The second-order valence-corrected chi connectivity index (χ2v) is 6.22. The average Bonchev–Trinajstić information content (AvgIpc) is 3.10. The third-order valence-corrected chi connectivity index (χ3v) is 4.24. The minimum absolute atomic E-state index is 0.267. The SMILES string of the molecule is Brc1cc(CNC2CC2)ccc1OCC1CCCO1. The fourth-order valence-corrected chi connectivity index (χ4v) is 2.82. The quantitative estimate of drug-likeness (QED) is 0.870. The van der Waals surface area contributed by atoms with Crippen molar-refractivity contribution in [3.05, 3.63) is 28.2 Å². The molecule has 0 radical (unpaired) electrons. The van der Waals surface area contributed by atoms with Crippen molar-refractivity contribution >= 4 is 15.9 Å². The van der Waals surface area contributed by atoms with Crippen LogP contribution >= 0.6 is 15.9 Å². The van der Waals surface area contributed by atoms with Gasteiger partial charge in [-0.1, -0.05) is 6.07 Å². The molecule has 0 spiro atoms. The van der Waals surface area contributed by atoms with Crippen molar-refractivity contribution in [2.24, 2.45) is 0 Å². The standard InChI is InChI=1S/C15H20BrNO2/c16-14-8-11(9-17-12-4-5-12)3-6-15(14)19-10-13-2-1-7-18-13/h3,6,8,12-13,17H,1-2,4-5,7,9-10H2. The molecule has 1 aliphatic heterocycles. The summed E-state index contributed by atoms with van der Waals surface area (Å²) in [5, 5.41) is 3.51. The van der Waals surface area contributed by atoms with Gasteiger partial charge >= 0.3 is 0 Å². The molecular formula is C15H20BrNO2. The van der Waals surface area contributed by atoms with Gasteiger partial charge in [-0.3, -0.25) is 0 Å². The molecule has 1 saturated carbocycles. The van der Waals surface area contributed by atoms with Gasteiger partial charge < -0.3 is 14.8 Å². The van der Waals surface area contributed by atoms with Crippen LogP contribution in [0.3, 0.4) is 0 Å². The molecule has 3 rings (SSSR count). The van der Waals surface area contributed by atoms with Crippen LogP contribution < -0.4 is 10.1 Å². The molecule has 3 nitrogen and oxygen atoms in total. The lowest BCUT2D eigenvalue weighted by atomic mass is 10.2. The number of rotatable bonds is 6. The maximum Gasteiger partial charge on any atom is 0.133 e. The van der Waals surface area contributed by atoms with E-state index in [0.717, 1.165) is 42.3 Å². The van der Waals surface area contributed by atoms with Crippen LogP contribution in [0.5, 0.6) is 5.75 Å². The van der Waals surface area contributed by atoms with Crippen LogP contribution in [0.4, 0.5) is 0 Å². The van der Waals surface area contributed by atoms with Crippen LogP contribution in [0.1, 0.15) is 31.2 Å². The number of hydrogen-bond donors (Lipinski definition) is 1. The smallest absolute Gasteiger partial charge is 0.133 e. The molecule has 1 unspecified atom stereocenters. The van der Waals surface area contributed by atoms with Crippen molar-refractivity contribution in [2.45, 2.75) is 44.4 Å². The van der Waals surface area contributed by atoms with E-state index in [0.29, 0.717) is 6.61 Å². The number of benzene rings is 1. The Morgan fingerprint density at radius 1 is 1.32 bits per heavy atom. The van der Waals surface area contributed by atoms with Crippen LogP contribution in [0.25, 0.3) is 0 Å². The van der Waals surface area contributed by atoms with Crippen LogP contribution in [0.2, 0.25) is 0 Å². The Morgan fingerprint density at radius 3 is 2.89 bits per heavy atom. The lowest BCUT2D eigenvalue weighted by Crippen LogP contribution is -2.17. The molecule has 0 bridgehead atoms. The van der Waals surface area contributed by atoms with Gasteiger partial charge in [-0.05, 0) is 59.3 Å². The first kappa shape index (κ1) is 13.4. The average molecular weight is 326 g/mol. The summed E-state index contributed by atoms with van der Waals surface area (Å²) in [4.78, 5) is 0. The molecule has 1 aromatic rings. The highest BCUT2D eigenvalue weighted by Gasteiger charge is 2.20. The van der Waals surface area contributed by atoms with Crippen LogP contribution in [0, 0.1) is 0 Å². The molecule has 1 aliphatic carbocycles. The predicted octanol–water partition coefficient (Wildman–Crippen LogP) is 3.26. The Bertz CT molecular complexity index is 428. The maximum absolute atomic E-state index is 5.82. The van der Waals surface area contributed by atoms with E-state index < -0.39 is 0 Å². The van der Waals surface area contributed by atoms with Gasteiger partial charge in [0.05, 0.1) is 10.6 Å². The lowest BCUT2D eigenvalue weighted by molar-refractivity contribution is 0.0677. The molecule has 1 aromatic carbocycles. The molecule has 1 N–H and O–H groups in total. The van der Waals surface area contributed by atoms with Gasteiger partial charge in [-0.2, -0.15) is 0 Å². The molecule has 1 atom stereocenters. The van der Waals surface area contributed by atoms with Crippen LogP contribution in [-0.4, -0.2) is 25.4 Å². The first-order valence-corrected chi connectivity index (χ1v) is 7.87. The molecule has 0 amide bonds. The van der Waals surface area contributed by atoms with Gasteiger partial charge in [-0.15, -0.1) is 0 Å². The van der Waals surface area contributed by atoms with Crippen molar-refractivity contribution in [1.82, 2.24) is 5.32 Å². The predicted molar refractivity (Wildman–Crippen MR) is 78.5 cm³/mol. The first-order chi connectivity index (χ1) is 9.31. The summed E-state index contributed by atoms with van der Waals surface area (Å²) in [6, 6.07) is 7.06. The highest BCUT2D eigenvalue weighted by atomic mass is 79.9. The van der Waals surface area contributed by atoms with E-state index in [1.54, 1.807) is 0 Å². The molecule has 1 heterocycles. The summed E-state index contributed by atoms with van der Waals surface area (Å²) in [6.45, 7) is 2.47. The summed E-state index contributed by atoms with van der Waals surface area (Å²) in [5.41, 5.74) is 1.29. The van der Waals surface area contributed by atoms with Crippen molar-refractivity contribution < 1.29 is 9.47 Å². The molecule has 104 valence electrons. The van der Waals surface area contributed by atoms with Gasteiger partial charge in [-0.25, -0.2) is 0 Å². The number of halogens is 1. The topological polar surface area (TPSA) is 30.5 Å². The van der Waals surface area contributed by atoms with Gasteiger partial charge in [0.15, 0.2) is 0 Å². The monoisotopic (exact) mass is 325 g/mol. The van der Waals surface area contributed by atoms with Gasteiger partial charge in [0.2, 0.25) is 0 Å². The third-order valence-electron chi connectivity index (χ3n) is 3.62. The van der Waals surface area contributed by atoms with Gasteiger partial charge in [0.1, 0.15) is 12.4 Å². The highest BCUT2D eigenvalue weighted by molar-refractivity contribution is 9.10. The first-order valence-electron chi connectivity index (χ1n) is 7.07. The molecule has 19 heavy (non-hydrogen) atoms.